The molecule has 0 bridgehead atoms. The molecule has 0 aliphatic carbocycles. The van der Waals surface area contributed by atoms with Crippen LogP contribution >= 0.6 is 28.6 Å². The number of ether oxygens (including phenoxy) is 1. The van der Waals surface area contributed by atoms with Crippen molar-refractivity contribution in [2.75, 3.05) is 12.4 Å². The van der Waals surface area contributed by atoms with E-state index < -0.39 is 0 Å². The number of aromatic nitrogens is 1. The number of carbonyl (C=O) groups excluding carboxylic acids is 1. The highest BCUT2D eigenvalue weighted by atomic mass is 79.9. The summed E-state index contributed by atoms with van der Waals surface area (Å²) < 4.78 is 5.85. The second kappa shape index (κ2) is 5.24. The summed E-state index contributed by atoms with van der Waals surface area (Å²) in [6.45, 7) is 0.482. The van der Waals surface area contributed by atoms with E-state index in [2.05, 4.69) is 33.5 Å². The van der Waals surface area contributed by atoms with Crippen LogP contribution in [0.25, 0.3) is 0 Å². The van der Waals surface area contributed by atoms with E-state index >= 15 is 0 Å². The fourth-order valence-corrected chi connectivity index (χ4v) is 1.16. The minimum atomic E-state index is 0.444. The predicted octanol–water partition coefficient (Wildman–Crippen LogP) is 1.97. The fourth-order valence-electron chi connectivity index (χ4n) is 0.754. The zero-order valence-corrected chi connectivity index (χ0v) is 9.22. The summed E-state index contributed by atoms with van der Waals surface area (Å²) >= 11 is 7.18. The van der Waals surface area contributed by atoms with E-state index in [9.17, 15) is 4.79 Å². The van der Waals surface area contributed by atoms with Crippen LogP contribution in [0, 0.1) is 0 Å². The van der Waals surface area contributed by atoms with Gasteiger partial charge in [0.1, 0.15) is 0 Å². The zero-order valence-electron chi connectivity index (χ0n) is 6.74. The van der Waals surface area contributed by atoms with Gasteiger partial charge in [0.25, 0.3) is 0 Å². The Morgan fingerprint density at radius 1 is 1.69 bits per heavy atom. The van der Waals surface area contributed by atoms with E-state index in [0.29, 0.717) is 28.3 Å². The van der Waals surface area contributed by atoms with E-state index in [0.717, 1.165) is 6.29 Å². The molecule has 5 heteroatoms. The molecule has 0 aliphatic heterocycles. The Bertz CT molecular complexity index is 306. The van der Waals surface area contributed by atoms with Gasteiger partial charge in [-0.3, -0.25) is 4.79 Å². The Morgan fingerprint density at radius 2 is 2.46 bits per heavy atom. The molecule has 13 heavy (non-hydrogen) atoms. The van der Waals surface area contributed by atoms with E-state index in [-0.39, 0.29) is 0 Å². The Kier molecular flexibility index (Phi) is 4.24. The average molecular weight is 262 g/mol. The van der Waals surface area contributed by atoms with Crippen molar-refractivity contribution in [1.82, 2.24) is 4.98 Å². The van der Waals surface area contributed by atoms with Crippen molar-refractivity contribution in [2.24, 2.45) is 0 Å². The normalized spacial score (nSPS) is 9.69. The van der Waals surface area contributed by atoms with Gasteiger partial charge in [-0.15, -0.1) is 0 Å². The zero-order chi connectivity index (χ0) is 9.68. The molecule has 1 rings (SSSR count). The van der Waals surface area contributed by atoms with Crippen LogP contribution in [0.1, 0.15) is 10.4 Å². The smallest absolute Gasteiger partial charge is 0.213 e. The minimum absolute atomic E-state index is 0.444. The van der Waals surface area contributed by atoms with Crippen molar-refractivity contribution in [3.05, 3.63) is 22.3 Å². The maximum atomic E-state index is 10.5. The molecule has 0 aromatic carbocycles. The number of halogens is 1. The molecule has 0 spiro atoms. The van der Waals surface area contributed by atoms with E-state index in [1.165, 1.54) is 6.20 Å². The Labute approximate surface area is 90.0 Å². The van der Waals surface area contributed by atoms with Crippen LogP contribution in [0.4, 0.5) is 0 Å². The van der Waals surface area contributed by atoms with Crippen LogP contribution in [0.15, 0.2) is 16.7 Å². The standard InChI is InChI=1S/C8H8BrNO2S/c9-7-4-10-8(12-1-2-13)3-6(7)5-11/h3-5,13H,1-2H2. The number of thiol groups is 1. The number of pyridine rings is 1. The molecule has 0 radical (unpaired) electrons. The molecule has 0 amide bonds. The number of nitrogens with zero attached hydrogens (tertiary/aromatic N) is 1. The lowest BCUT2D eigenvalue weighted by Gasteiger charge is -2.03. The molecule has 3 nitrogen and oxygen atoms in total. The van der Waals surface area contributed by atoms with Gasteiger partial charge in [-0.25, -0.2) is 4.98 Å². The van der Waals surface area contributed by atoms with Crippen LogP contribution in [-0.2, 0) is 0 Å². The third-order valence-corrected chi connectivity index (χ3v) is 2.17. The predicted molar refractivity (Wildman–Crippen MR) is 56.7 cm³/mol. The third-order valence-electron chi connectivity index (χ3n) is 1.33. The molecule has 0 saturated carbocycles. The van der Waals surface area contributed by atoms with Crippen LogP contribution in [0.2, 0.25) is 0 Å². The van der Waals surface area contributed by atoms with Crippen LogP contribution < -0.4 is 4.74 Å². The molecule has 1 aromatic heterocycles. The maximum Gasteiger partial charge on any atom is 0.213 e. The Hall–Kier alpha value is -0.550. The first-order valence-electron chi connectivity index (χ1n) is 3.62. The molecule has 0 aliphatic rings. The van der Waals surface area contributed by atoms with Gasteiger partial charge in [0.05, 0.1) is 6.61 Å². The lowest BCUT2D eigenvalue weighted by Crippen LogP contribution is -2.00. The minimum Gasteiger partial charge on any atom is -0.477 e. The summed E-state index contributed by atoms with van der Waals surface area (Å²) in [5.74, 6) is 1.06. The summed E-state index contributed by atoms with van der Waals surface area (Å²) in [6.07, 6.45) is 2.29. The lowest BCUT2D eigenvalue weighted by atomic mass is 10.3. The van der Waals surface area contributed by atoms with Gasteiger partial charge in [-0.2, -0.15) is 12.6 Å². The molecule has 0 saturated heterocycles. The second-order valence-electron chi connectivity index (χ2n) is 2.23. The van der Waals surface area contributed by atoms with Gasteiger partial charge in [0.15, 0.2) is 6.29 Å². The van der Waals surface area contributed by atoms with Crippen molar-refractivity contribution in [1.29, 1.82) is 0 Å². The van der Waals surface area contributed by atoms with Gasteiger partial charge < -0.3 is 4.74 Å². The van der Waals surface area contributed by atoms with Crippen LogP contribution in [0.3, 0.4) is 0 Å². The van der Waals surface area contributed by atoms with E-state index in [1.54, 1.807) is 6.07 Å². The highest BCUT2D eigenvalue weighted by Crippen LogP contribution is 2.17. The van der Waals surface area contributed by atoms with Gasteiger partial charge >= 0.3 is 0 Å². The Balaban J connectivity index is 2.80. The highest BCUT2D eigenvalue weighted by molar-refractivity contribution is 9.10. The van der Waals surface area contributed by atoms with E-state index in [1.807, 2.05) is 0 Å². The lowest BCUT2D eigenvalue weighted by molar-refractivity contribution is 0.112. The van der Waals surface area contributed by atoms with Crippen molar-refractivity contribution in [2.45, 2.75) is 0 Å². The number of aldehydes is 1. The molecular formula is C8H8BrNO2S. The molecule has 1 heterocycles. The average Bonchev–Trinajstić information content (AvgIpc) is 2.16. The summed E-state index contributed by atoms with van der Waals surface area (Å²) in [4.78, 5) is 14.5. The van der Waals surface area contributed by atoms with E-state index in [4.69, 9.17) is 4.74 Å². The molecule has 0 unspecified atom stereocenters. The number of rotatable bonds is 4. The summed E-state index contributed by atoms with van der Waals surface area (Å²) in [5.41, 5.74) is 0.532. The topological polar surface area (TPSA) is 39.2 Å². The molecule has 0 atom stereocenters. The fraction of sp³-hybridized carbons (Fsp3) is 0.250. The monoisotopic (exact) mass is 261 g/mol. The third kappa shape index (κ3) is 3.00. The largest absolute Gasteiger partial charge is 0.477 e. The van der Waals surface area contributed by atoms with Crippen molar-refractivity contribution in [3.8, 4) is 5.88 Å². The quantitative estimate of drug-likeness (QED) is 0.666. The van der Waals surface area contributed by atoms with Crippen molar-refractivity contribution in [3.63, 3.8) is 0 Å². The first-order valence-corrected chi connectivity index (χ1v) is 5.05. The van der Waals surface area contributed by atoms with Gasteiger partial charge in [0.2, 0.25) is 5.88 Å². The molecular weight excluding hydrogens is 254 g/mol. The van der Waals surface area contributed by atoms with Crippen LogP contribution in [-0.4, -0.2) is 23.6 Å². The van der Waals surface area contributed by atoms with Crippen molar-refractivity contribution >= 4 is 34.8 Å². The molecule has 70 valence electrons. The summed E-state index contributed by atoms with van der Waals surface area (Å²) in [5, 5.41) is 0. The summed E-state index contributed by atoms with van der Waals surface area (Å²) in [6, 6.07) is 1.58. The molecule has 0 fully saturated rings. The second-order valence-corrected chi connectivity index (χ2v) is 3.54. The van der Waals surface area contributed by atoms with Gasteiger partial charge in [-0.05, 0) is 15.9 Å². The molecule has 1 aromatic rings. The first-order chi connectivity index (χ1) is 6.27. The maximum absolute atomic E-state index is 10.5. The van der Waals surface area contributed by atoms with Crippen LogP contribution in [0.5, 0.6) is 5.88 Å². The SMILES string of the molecule is O=Cc1cc(OCCS)ncc1Br. The highest BCUT2D eigenvalue weighted by Gasteiger charge is 2.01. The number of carbonyl (C=O) groups is 1. The summed E-state index contributed by atoms with van der Waals surface area (Å²) in [7, 11) is 0. The van der Waals surface area contributed by atoms with Gasteiger partial charge in [0, 0.05) is 28.1 Å². The number of hydrogen-bond donors (Lipinski definition) is 1. The van der Waals surface area contributed by atoms with Gasteiger partial charge in [-0.1, -0.05) is 0 Å². The Morgan fingerprint density at radius 3 is 3.08 bits per heavy atom. The van der Waals surface area contributed by atoms with Crippen molar-refractivity contribution < 1.29 is 9.53 Å². The molecule has 0 N–H and O–H groups in total. The first kappa shape index (κ1) is 10.5. The number of hydrogen-bond acceptors (Lipinski definition) is 4.